The summed E-state index contributed by atoms with van der Waals surface area (Å²) in [5, 5.41) is 9.07. The highest BCUT2D eigenvalue weighted by Gasteiger charge is 2.37. The van der Waals surface area contributed by atoms with Gasteiger partial charge in [0.05, 0.1) is 17.4 Å². The van der Waals surface area contributed by atoms with E-state index < -0.39 is 27.6 Å². The minimum Gasteiger partial charge on any atom is -0.481 e. The zero-order valence-electron chi connectivity index (χ0n) is 15.9. The first kappa shape index (κ1) is 21.3. The van der Waals surface area contributed by atoms with E-state index in [9.17, 15) is 18.0 Å². The molecule has 0 saturated carbocycles. The van der Waals surface area contributed by atoms with Crippen molar-refractivity contribution in [3.05, 3.63) is 29.8 Å². The van der Waals surface area contributed by atoms with Crippen LogP contribution in [0.2, 0.25) is 0 Å². The number of nitrogens with zero attached hydrogens (tertiary/aromatic N) is 1. The normalized spacial score (nSPS) is 20.7. The number of likely N-dealkylation sites (tertiary alicyclic amines) is 1. The van der Waals surface area contributed by atoms with Gasteiger partial charge >= 0.3 is 5.97 Å². The van der Waals surface area contributed by atoms with Crippen LogP contribution in [0.1, 0.15) is 44.0 Å². The Hall–Kier alpha value is -1.97. The Morgan fingerprint density at radius 2 is 1.85 bits per heavy atom. The lowest BCUT2D eigenvalue weighted by atomic mass is 10.1. The third kappa shape index (κ3) is 5.50. The molecule has 1 amide bonds. The van der Waals surface area contributed by atoms with Crippen LogP contribution in [-0.4, -0.2) is 61.6 Å². The van der Waals surface area contributed by atoms with E-state index in [4.69, 9.17) is 9.84 Å². The molecule has 0 radical (unpaired) electrons. The lowest BCUT2D eigenvalue weighted by Crippen LogP contribution is -2.40. The third-order valence-corrected chi connectivity index (χ3v) is 6.01. The maximum atomic E-state index is 12.8. The minimum absolute atomic E-state index is 0.0623. The number of carboxylic acid groups (broad SMARTS) is 1. The average molecular weight is 398 g/mol. The van der Waals surface area contributed by atoms with Crippen molar-refractivity contribution >= 4 is 21.9 Å². The van der Waals surface area contributed by atoms with Gasteiger partial charge in [0.1, 0.15) is 0 Å². The van der Waals surface area contributed by atoms with Crippen molar-refractivity contribution in [3.63, 3.8) is 0 Å². The number of amides is 1. The van der Waals surface area contributed by atoms with Crippen LogP contribution in [0.3, 0.4) is 0 Å². The summed E-state index contributed by atoms with van der Waals surface area (Å²) < 4.78 is 32.5. The maximum absolute atomic E-state index is 12.8. The highest BCUT2D eigenvalue weighted by molar-refractivity contribution is 7.89. The van der Waals surface area contributed by atoms with Gasteiger partial charge in [-0.25, -0.2) is 13.1 Å². The molecule has 0 bridgehead atoms. The van der Waals surface area contributed by atoms with Crippen molar-refractivity contribution in [2.45, 2.75) is 56.2 Å². The number of methoxy groups -OCH3 is 1. The molecule has 0 spiro atoms. The molecular weight excluding hydrogens is 372 g/mol. The molecule has 1 fully saturated rings. The first-order chi connectivity index (χ1) is 12.4. The number of aliphatic carboxylic acids is 1. The zero-order valence-corrected chi connectivity index (χ0v) is 16.7. The summed E-state index contributed by atoms with van der Waals surface area (Å²) in [6.07, 6.45) is 0.0818. The molecule has 150 valence electrons. The van der Waals surface area contributed by atoms with Gasteiger partial charge in [-0.2, -0.15) is 0 Å². The van der Waals surface area contributed by atoms with Gasteiger partial charge in [-0.3, -0.25) is 9.59 Å². The number of ether oxygens (including phenoxy) is 1. The number of rotatable bonds is 6. The molecule has 1 aromatic rings. The predicted octanol–water partition coefficient (Wildman–Crippen LogP) is 1.47. The van der Waals surface area contributed by atoms with E-state index in [2.05, 4.69) is 4.72 Å². The lowest BCUT2D eigenvalue weighted by Gasteiger charge is -2.23. The summed E-state index contributed by atoms with van der Waals surface area (Å²) in [4.78, 5) is 25.4. The lowest BCUT2D eigenvalue weighted by molar-refractivity contribution is -0.138. The number of carbonyl (C=O) groups is 2. The second kappa shape index (κ2) is 7.95. The molecule has 2 rings (SSSR count). The molecule has 8 nitrogen and oxygen atoms in total. The number of hydrogen-bond acceptors (Lipinski definition) is 5. The van der Waals surface area contributed by atoms with E-state index in [0.29, 0.717) is 18.5 Å². The summed E-state index contributed by atoms with van der Waals surface area (Å²) in [5.74, 6) is -1.32. The van der Waals surface area contributed by atoms with E-state index in [1.54, 1.807) is 20.8 Å². The molecule has 27 heavy (non-hydrogen) atoms. The number of carboxylic acids is 1. The van der Waals surface area contributed by atoms with Crippen molar-refractivity contribution in [2.75, 3.05) is 13.7 Å². The Morgan fingerprint density at radius 3 is 2.33 bits per heavy atom. The number of sulfonamides is 1. The number of nitrogens with one attached hydrogen (secondary N) is 1. The first-order valence-electron chi connectivity index (χ1n) is 8.62. The van der Waals surface area contributed by atoms with Crippen LogP contribution in [-0.2, 0) is 19.6 Å². The molecule has 2 N–H and O–H groups in total. The van der Waals surface area contributed by atoms with Gasteiger partial charge in [0.15, 0.2) is 0 Å². The molecule has 2 atom stereocenters. The SMILES string of the molecule is COC1CC(CC(=O)O)N(C(=O)c2ccc(S(=O)(=O)NC(C)(C)C)cc2)C1. The molecule has 1 aromatic carbocycles. The predicted molar refractivity (Wildman–Crippen MR) is 99.0 cm³/mol. The fraction of sp³-hybridized carbons (Fsp3) is 0.556. The van der Waals surface area contributed by atoms with Crippen molar-refractivity contribution in [1.82, 2.24) is 9.62 Å². The molecule has 0 aliphatic carbocycles. The fourth-order valence-corrected chi connectivity index (χ4v) is 4.51. The highest BCUT2D eigenvalue weighted by atomic mass is 32.2. The van der Waals surface area contributed by atoms with Crippen molar-refractivity contribution in [2.24, 2.45) is 0 Å². The molecule has 9 heteroatoms. The van der Waals surface area contributed by atoms with Gasteiger partial charge < -0.3 is 14.7 Å². The van der Waals surface area contributed by atoms with Crippen LogP contribution in [0.5, 0.6) is 0 Å². The number of benzene rings is 1. The summed E-state index contributed by atoms with van der Waals surface area (Å²) in [5.41, 5.74) is -0.320. The van der Waals surface area contributed by atoms with E-state index in [1.807, 2.05) is 0 Å². The van der Waals surface area contributed by atoms with Crippen LogP contribution in [0.15, 0.2) is 29.2 Å². The Bertz CT molecular complexity index is 798. The molecule has 2 unspecified atom stereocenters. The molecule has 1 aliphatic heterocycles. The Morgan fingerprint density at radius 1 is 1.26 bits per heavy atom. The van der Waals surface area contributed by atoms with E-state index in [0.717, 1.165) is 0 Å². The van der Waals surface area contributed by atoms with Crippen LogP contribution >= 0.6 is 0 Å². The van der Waals surface area contributed by atoms with Crippen LogP contribution < -0.4 is 4.72 Å². The highest BCUT2D eigenvalue weighted by Crippen LogP contribution is 2.25. The standard InChI is InChI=1S/C18H26N2O6S/c1-18(2,3)19-27(24,25)15-7-5-12(6-8-15)17(23)20-11-14(26-4)9-13(20)10-16(21)22/h5-8,13-14,19H,9-11H2,1-4H3,(H,21,22). The van der Waals surface area contributed by atoms with Crippen LogP contribution in [0, 0.1) is 0 Å². The van der Waals surface area contributed by atoms with Gasteiger partial charge in [-0.05, 0) is 51.5 Å². The summed E-state index contributed by atoms with van der Waals surface area (Å²) in [6.45, 7) is 5.53. The van der Waals surface area contributed by atoms with Gasteiger partial charge in [-0.1, -0.05) is 0 Å². The summed E-state index contributed by atoms with van der Waals surface area (Å²) in [7, 11) is -2.17. The monoisotopic (exact) mass is 398 g/mol. The van der Waals surface area contributed by atoms with Gasteiger partial charge in [0.2, 0.25) is 10.0 Å². The zero-order chi connectivity index (χ0) is 20.4. The Balaban J connectivity index is 2.20. The van der Waals surface area contributed by atoms with E-state index in [-0.39, 0.29) is 23.3 Å². The Kier molecular flexibility index (Phi) is 6.28. The molecule has 1 heterocycles. The van der Waals surface area contributed by atoms with Gasteiger partial charge in [-0.15, -0.1) is 0 Å². The first-order valence-corrected chi connectivity index (χ1v) is 10.1. The van der Waals surface area contributed by atoms with Gasteiger partial charge in [0.25, 0.3) is 5.91 Å². The molecule has 0 aromatic heterocycles. The smallest absolute Gasteiger partial charge is 0.305 e. The largest absolute Gasteiger partial charge is 0.481 e. The summed E-state index contributed by atoms with van der Waals surface area (Å²) in [6, 6.07) is 5.18. The van der Waals surface area contributed by atoms with Crippen LogP contribution in [0.4, 0.5) is 0 Å². The fourth-order valence-electron chi connectivity index (χ4n) is 3.09. The molecular formula is C18H26N2O6S. The van der Waals surface area contributed by atoms with E-state index in [1.165, 1.54) is 36.3 Å². The minimum atomic E-state index is -3.69. The van der Waals surface area contributed by atoms with Crippen molar-refractivity contribution in [1.29, 1.82) is 0 Å². The second-order valence-electron chi connectivity index (χ2n) is 7.68. The number of carbonyl (C=O) groups excluding carboxylic acids is 1. The number of hydrogen-bond donors (Lipinski definition) is 2. The molecule has 1 aliphatic rings. The van der Waals surface area contributed by atoms with Crippen LogP contribution in [0.25, 0.3) is 0 Å². The van der Waals surface area contributed by atoms with Crippen molar-refractivity contribution in [3.8, 4) is 0 Å². The van der Waals surface area contributed by atoms with E-state index >= 15 is 0 Å². The average Bonchev–Trinajstić information content (AvgIpc) is 2.94. The molecule has 1 saturated heterocycles. The summed E-state index contributed by atoms with van der Waals surface area (Å²) >= 11 is 0. The third-order valence-electron chi connectivity index (χ3n) is 4.23. The maximum Gasteiger partial charge on any atom is 0.305 e. The topological polar surface area (TPSA) is 113 Å². The van der Waals surface area contributed by atoms with Gasteiger partial charge in [0, 0.05) is 30.8 Å². The van der Waals surface area contributed by atoms with Crippen molar-refractivity contribution < 1.29 is 27.9 Å². The Labute approximate surface area is 159 Å². The second-order valence-corrected chi connectivity index (χ2v) is 9.36. The quantitative estimate of drug-likeness (QED) is 0.750.